The quantitative estimate of drug-likeness (QED) is 0.770. The average molecular weight is 276 g/mol. The van der Waals surface area contributed by atoms with Crippen molar-refractivity contribution < 1.29 is 9.18 Å². The number of rotatable bonds is 5. The summed E-state index contributed by atoms with van der Waals surface area (Å²) in [7, 11) is 0. The Morgan fingerprint density at radius 1 is 1.20 bits per heavy atom. The Morgan fingerprint density at radius 3 is 2.60 bits per heavy atom. The molecule has 0 unspecified atom stereocenters. The van der Waals surface area contributed by atoms with E-state index in [9.17, 15) is 9.18 Å². The molecule has 4 heteroatoms. The zero-order valence-corrected chi connectivity index (χ0v) is 11.7. The predicted octanol–water partition coefficient (Wildman–Crippen LogP) is 2.18. The smallest absolute Gasteiger partial charge is 0.164 e. The van der Waals surface area contributed by atoms with E-state index in [2.05, 4.69) is 9.80 Å². The number of benzene rings is 1. The number of carbonyl (C=O) groups excluding carboxylic acids is 1. The molecule has 1 aliphatic carbocycles. The highest BCUT2D eigenvalue weighted by Crippen LogP contribution is 2.27. The second kappa shape index (κ2) is 6.02. The SMILES string of the molecule is O=C(CCN1CCN(C2CC2)CC1)c1cccc(F)c1. The first-order valence-corrected chi connectivity index (χ1v) is 7.47. The summed E-state index contributed by atoms with van der Waals surface area (Å²) < 4.78 is 13.1. The van der Waals surface area contributed by atoms with Gasteiger partial charge in [0.15, 0.2) is 5.78 Å². The van der Waals surface area contributed by atoms with Gasteiger partial charge in [0, 0.05) is 50.7 Å². The summed E-state index contributed by atoms with van der Waals surface area (Å²) in [6.07, 6.45) is 3.20. The molecule has 1 heterocycles. The molecule has 108 valence electrons. The van der Waals surface area contributed by atoms with Gasteiger partial charge in [-0.3, -0.25) is 9.69 Å². The molecule has 0 atom stereocenters. The van der Waals surface area contributed by atoms with Crippen LogP contribution in [0.15, 0.2) is 24.3 Å². The molecule has 1 saturated carbocycles. The molecule has 1 aliphatic heterocycles. The maximum Gasteiger partial charge on any atom is 0.164 e. The average Bonchev–Trinajstić information content (AvgIpc) is 3.30. The van der Waals surface area contributed by atoms with Gasteiger partial charge in [-0.15, -0.1) is 0 Å². The van der Waals surface area contributed by atoms with Crippen LogP contribution in [0.3, 0.4) is 0 Å². The van der Waals surface area contributed by atoms with Crippen LogP contribution in [0.2, 0.25) is 0 Å². The highest BCUT2D eigenvalue weighted by Gasteiger charge is 2.31. The van der Waals surface area contributed by atoms with Crippen molar-refractivity contribution in [2.45, 2.75) is 25.3 Å². The largest absolute Gasteiger partial charge is 0.300 e. The van der Waals surface area contributed by atoms with E-state index in [1.807, 2.05) is 0 Å². The lowest BCUT2D eigenvalue weighted by molar-refractivity contribution is 0.0921. The fourth-order valence-electron chi connectivity index (χ4n) is 2.86. The third-order valence-corrected chi connectivity index (χ3v) is 4.27. The van der Waals surface area contributed by atoms with Crippen LogP contribution in [0.25, 0.3) is 0 Å². The standard InChI is InChI=1S/C16H21FN2O/c17-14-3-1-2-13(12-14)16(20)6-7-18-8-10-19(11-9-18)15-4-5-15/h1-3,12,15H,4-11H2. The molecule has 2 aliphatic rings. The van der Waals surface area contributed by atoms with Gasteiger partial charge in [0.2, 0.25) is 0 Å². The number of carbonyl (C=O) groups is 1. The lowest BCUT2D eigenvalue weighted by Crippen LogP contribution is -2.47. The minimum atomic E-state index is -0.339. The molecule has 0 spiro atoms. The molecule has 1 aromatic rings. The number of halogens is 1. The topological polar surface area (TPSA) is 23.6 Å². The molecule has 0 bridgehead atoms. The van der Waals surface area contributed by atoms with Crippen molar-refractivity contribution in [1.29, 1.82) is 0 Å². The number of hydrogen-bond donors (Lipinski definition) is 0. The molecule has 0 N–H and O–H groups in total. The maximum atomic E-state index is 13.1. The van der Waals surface area contributed by atoms with E-state index in [0.717, 1.165) is 38.8 Å². The minimum absolute atomic E-state index is 0.0362. The molecule has 20 heavy (non-hydrogen) atoms. The lowest BCUT2D eigenvalue weighted by atomic mass is 10.1. The van der Waals surface area contributed by atoms with E-state index >= 15 is 0 Å². The number of Topliss-reactive ketones (excluding diaryl/α,β-unsaturated/α-hetero) is 1. The highest BCUT2D eigenvalue weighted by atomic mass is 19.1. The Hall–Kier alpha value is -1.26. The van der Waals surface area contributed by atoms with Gasteiger partial charge in [-0.1, -0.05) is 12.1 Å². The van der Waals surface area contributed by atoms with Crippen molar-refractivity contribution in [2.75, 3.05) is 32.7 Å². The van der Waals surface area contributed by atoms with E-state index in [1.165, 1.54) is 25.0 Å². The van der Waals surface area contributed by atoms with Crippen LogP contribution >= 0.6 is 0 Å². The first kappa shape index (κ1) is 13.7. The Balaban J connectivity index is 1.44. The number of nitrogens with zero attached hydrogens (tertiary/aromatic N) is 2. The summed E-state index contributed by atoms with van der Waals surface area (Å²) in [5, 5.41) is 0. The van der Waals surface area contributed by atoms with Gasteiger partial charge < -0.3 is 4.90 Å². The Kier molecular flexibility index (Phi) is 4.13. The molecule has 3 nitrogen and oxygen atoms in total. The van der Waals surface area contributed by atoms with Gasteiger partial charge in [0.25, 0.3) is 0 Å². The van der Waals surface area contributed by atoms with E-state index < -0.39 is 0 Å². The van der Waals surface area contributed by atoms with E-state index in [-0.39, 0.29) is 11.6 Å². The second-order valence-corrected chi connectivity index (χ2v) is 5.79. The molecule has 0 radical (unpaired) electrons. The Bertz CT molecular complexity index is 479. The van der Waals surface area contributed by atoms with Crippen LogP contribution < -0.4 is 0 Å². The molecule has 1 aromatic carbocycles. The number of piperazine rings is 1. The first-order chi connectivity index (χ1) is 9.72. The van der Waals surface area contributed by atoms with Gasteiger partial charge in [-0.25, -0.2) is 4.39 Å². The van der Waals surface area contributed by atoms with Crippen LogP contribution in [0.5, 0.6) is 0 Å². The predicted molar refractivity (Wildman–Crippen MR) is 76.4 cm³/mol. The molecule has 1 saturated heterocycles. The summed E-state index contributed by atoms with van der Waals surface area (Å²) in [6, 6.07) is 6.82. The summed E-state index contributed by atoms with van der Waals surface area (Å²) in [4.78, 5) is 16.9. The second-order valence-electron chi connectivity index (χ2n) is 5.79. The molecule has 3 rings (SSSR count). The monoisotopic (exact) mass is 276 g/mol. The number of ketones is 1. The molecule has 0 amide bonds. The summed E-state index contributed by atoms with van der Waals surface area (Å²) in [5.74, 6) is -0.303. The third kappa shape index (κ3) is 3.44. The van der Waals surface area contributed by atoms with Crippen LogP contribution in [-0.2, 0) is 0 Å². The summed E-state index contributed by atoms with van der Waals surface area (Å²) in [6.45, 7) is 5.13. The van der Waals surface area contributed by atoms with Crippen LogP contribution in [0.1, 0.15) is 29.6 Å². The van der Waals surface area contributed by atoms with Crippen LogP contribution in [0, 0.1) is 5.82 Å². The van der Waals surface area contributed by atoms with E-state index in [0.29, 0.717) is 12.0 Å². The van der Waals surface area contributed by atoms with Crippen molar-refractivity contribution in [3.8, 4) is 0 Å². The van der Waals surface area contributed by atoms with Gasteiger partial charge in [-0.2, -0.15) is 0 Å². The Labute approximate surface area is 119 Å². The fourth-order valence-corrected chi connectivity index (χ4v) is 2.86. The van der Waals surface area contributed by atoms with Gasteiger partial charge >= 0.3 is 0 Å². The third-order valence-electron chi connectivity index (χ3n) is 4.27. The van der Waals surface area contributed by atoms with E-state index in [4.69, 9.17) is 0 Å². The first-order valence-electron chi connectivity index (χ1n) is 7.47. The lowest BCUT2D eigenvalue weighted by Gasteiger charge is -2.34. The van der Waals surface area contributed by atoms with Crippen molar-refractivity contribution in [3.63, 3.8) is 0 Å². The van der Waals surface area contributed by atoms with Crippen molar-refractivity contribution in [3.05, 3.63) is 35.6 Å². The number of hydrogen-bond acceptors (Lipinski definition) is 3. The van der Waals surface area contributed by atoms with Gasteiger partial charge in [0.1, 0.15) is 5.82 Å². The molecule has 2 fully saturated rings. The van der Waals surface area contributed by atoms with Crippen LogP contribution in [0.4, 0.5) is 4.39 Å². The molecule has 0 aromatic heterocycles. The maximum absolute atomic E-state index is 13.1. The Morgan fingerprint density at radius 2 is 1.95 bits per heavy atom. The highest BCUT2D eigenvalue weighted by molar-refractivity contribution is 5.96. The molecular weight excluding hydrogens is 255 g/mol. The van der Waals surface area contributed by atoms with Gasteiger partial charge in [-0.05, 0) is 25.0 Å². The van der Waals surface area contributed by atoms with Crippen molar-refractivity contribution in [1.82, 2.24) is 9.80 Å². The van der Waals surface area contributed by atoms with Crippen LogP contribution in [-0.4, -0.2) is 54.3 Å². The van der Waals surface area contributed by atoms with Crippen molar-refractivity contribution >= 4 is 5.78 Å². The normalized spacial score (nSPS) is 21.1. The zero-order valence-electron chi connectivity index (χ0n) is 11.7. The van der Waals surface area contributed by atoms with Gasteiger partial charge in [0.05, 0.1) is 0 Å². The fraction of sp³-hybridized carbons (Fsp3) is 0.562. The van der Waals surface area contributed by atoms with E-state index in [1.54, 1.807) is 12.1 Å². The summed E-state index contributed by atoms with van der Waals surface area (Å²) >= 11 is 0. The molecular formula is C16H21FN2O. The summed E-state index contributed by atoms with van der Waals surface area (Å²) in [5.41, 5.74) is 0.488. The zero-order chi connectivity index (χ0) is 13.9. The van der Waals surface area contributed by atoms with Crippen molar-refractivity contribution in [2.24, 2.45) is 0 Å². The minimum Gasteiger partial charge on any atom is -0.300 e.